The molecule has 0 radical (unpaired) electrons. The van der Waals surface area contributed by atoms with Crippen LogP contribution in [-0.2, 0) is 6.54 Å². The van der Waals surface area contributed by atoms with Crippen molar-refractivity contribution in [1.29, 1.82) is 0 Å². The number of carboxylic acid groups (broad SMARTS) is 1. The zero-order valence-corrected chi connectivity index (χ0v) is 17.8. The van der Waals surface area contributed by atoms with Crippen LogP contribution in [0.5, 0.6) is 0 Å². The highest BCUT2D eigenvalue weighted by atomic mass is 16.4. The third-order valence-electron chi connectivity index (χ3n) is 4.81. The zero-order valence-electron chi connectivity index (χ0n) is 17.8. The van der Waals surface area contributed by atoms with Crippen LogP contribution in [0.25, 0.3) is 11.1 Å². The molecule has 0 aliphatic rings. The number of aromatic carboxylic acids is 1. The highest BCUT2D eigenvalue weighted by molar-refractivity contribution is 5.96. The molecular formula is C25H25N3O3. The molecule has 1 N–H and O–H groups in total. The van der Waals surface area contributed by atoms with E-state index in [1.54, 1.807) is 22.9 Å². The van der Waals surface area contributed by atoms with Crippen LogP contribution in [0.15, 0.2) is 48.5 Å². The lowest BCUT2D eigenvalue weighted by Crippen LogP contribution is -2.06. The monoisotopic (exact) mass is 415 g/mol. The second-order valence-electron chi connectivity index (χ2n) is 7.15. The van der Waals surface area contributed by atoms with E-state index in [2.05, 4.69) is 21.9 Å². The first kappa shape index (κ1) is 22.0. The normalized spacial score (nSPS) is 10.4. The number of Topliss-reactive ketones (excluding diaryl/α,β-unsaturated/α-hetero) is 1. The predicted octanol–water partition coefficient (Wildman–Crippen LogP) is 4.83. The van der Waals surface area contributed by atoms with Crippen LogP contribution in [0.3, 0.4) is 0 Å². The number of ketones is 1. The fourth-order valence-electron chi connectivity index (χ4n) is 3.16. The summed E-state index contributed by atoms with van der Waals surface area (Å²) in [5.74, 6) is 5.64. The van der Waals surface area contributed by atoms with Gasteiger partial charge < -0.3 is 5.11 Å². The van der Waals surface area contributed by atoms with Crippen molar-refractivity contribution in [3.63, 3.8) is 0 Å². The molecule has 31 heavy (non-hydrogen) atoms. The Bertz CT molecular complexity index is 1130. The van der Waals surface area contributed by atoms with Crippen LogP contribution in [0.2, 0.25) is 0 Å². The van der Waals surface area contributed by atoms with E-state index in [0.29, 0.717) is 30.8 Å². The van der Waals surface area contributed by atoms with Crippen molar-refractivity contribution in [3.8, 4) is 23.0 Å². The maximum absolute atomic E-state index is 12.3. The van der Waals surface area contributed by atoms with Gasteiger partial charge in [-0.1, -0.05) is 68.7 Å². The van der Waals surface area contributed by atoms with Gasteiger partial charge in [-0.25, -0.2) is 9.48 Å². The third-order valence-corrected chi connectivity index (χ3v) is 4.81. The molecule has 3 aromatic rings. The lowest BCUT2D eigenvalue weighted by atomic mass is 9.99. The van der Waals surface area contributed by atoms with Gasteiger partial charge in [-0.3, -0.25) is 4.79 Å². The van der Waals surface area contributed by atoms with E-state index in [4.69, 9.17) is 0 Å². The number of rotatable bonds is 8. The Morgan fingerprint density at radius 2 is 1.81 bits per heavy atom. The summed E-state index contributed by atoms with van der Waals surface area (Å²) in [5, 5.41) is 13.8. The van der Waals surface area contributed by atoms with Crippen LogP contribution in [0.1, 0.15) is 71.9 Å². The van der Waals surface area contributed by atoms with Crippen molar-refractivity contribution in [1.82, 2.24) is 14.8 Å². The summed E-state index contributed by atoms with van der Waals surface area (Å²) in [6.45, 7) is 4.41. The fourth-order valence-corrected chi connectivity index (χ4v) is 3.16. The first-order chi connectivity index (χ1) is 15.0. The van der Waals surface area contributed by atoms with Gasteiger partial charge in [0, 0.05) is 12.8 Å². The lowest BCUT2D eigenvalue weighted by molar-refractivity contribution is 0.0697. The van der Waals surface area contributed by atoms with Crippen molar-refractivity contribution in [3.05, 3.63) is 71.3 Å². The van der Waals surface area contributed by atoms with Gasteiger partial charge >= 0.3 is 5.97 Å². The molecule has 2 aromatic carbocycles. The Morgan fingerprint density at radius 1 is 1.06 bits per heavy atom. The second-order valence-corrected chi connectivity index (χ2v) is 7.15. The van der Waals surface area contributed by atoms with Gasteiger partial charge in [0.15, 0.2) is 0 Å². The van der Waals surface area contributed by atoms with E-state index in [0.717, 1.165) is 24.0 Å². The number of hydrogen-bond acceptors (Lipinski definition) is 4. The summed E-state index contributed by atoms with van der Waals surface area (Å²) in [6, 6.07) is 14.5. The molecule has 0 unspecified atom stereocenters. The first-order valence-corrected chi connectivity index (χ1v) is 10.4. The van der Waals surface area contributed by atoms with Gasteiger partial charge in [-0.2, -0.15) is 4.98 Å². The minimum absolute atomic E-state index is 0.0687. The highest BCUT2D eigenvalue weighted by Crippen LogP contribution is 2.24. The Kier molecular flexibility index (Phi) is 7.34. The summed E-state index contributed by atoms with van der Waals surface area (Å²) >= 11 is 0. The zero-order chi connectivity index (χ0) is 22.2. The molecule has 0 saturated carbocycles. The largest absolute Gasteiger partial charge is 0.478 e. The maximum Gasteiger partial charge on any atom is 0.336 e. The van der Waals surface area contributed by atoms with Gasteiger partial charge in [0.05, 0.1) is 12.1 Å². The lowest BCUT2D eigenvalue weighted by Gasteiger charge is -2.08. The molecule has 0 spiro atoms. The van der Waals surface area contributed by atoms with Crippen molar-refractivity contribution in [2.24, 2.45) is 0 Å². The average molecular weight is 415 g/mol. The van der Waals surface area contributed by atoms with Crippen LogP contribution in [0.4, 0.5) is 0 Å². The molecule has 158 valence electrons. The summed E-state index contributed by atoms with van der Waals surface area (Å²) in [4.78, 5) is 28.2. The molecule has 6 nitrogen and oxygen atoms in total. The Balaban J connectivity index is 1.86. The smallest absolute Gasteiger partial charge is 0.336 e. The van der Waals surface area contributed by atoms with Gasteiger partial charge in [0.25, 0.3) is 0 Å². The SMILES string of the molecule is CCC#Cc1nc(C(=O)CCCC)nn1Cc1ccc(-c2ccccc2C(=O)O)cc1. The predicted molar refractivity (Wildman–Crippen MR) is 119 cm³/mol. The van der Waals surface area contributed by atoms with Crippen molar-refractivity contribution in [2.45, 2.75) is 46.1 Å². The standard InChI is InChI=1S/C25H25N3O3/c1-3-5-11-22(29)24-26-23(12-6-4-2)28(27-24)17-18-13-15-19(16-14-18)20-9-7-8-10-21(20)25(30)31/h7-10,13-16H,3-5,11,17H2,1-2H3,(H,30,31). The topological polar surface area (TPSA) is 85.1 Å². The molecular weight excluding hydrogens is 390 g/mol. The molecule has 6 heteroatoms. The van der Waals surface area contributed by atoms with Crippen molar-refractivity contribution >= 4 is 11.8 Å². The molecule has 0 saturated heterocycles. The third kappa shape index (κ3) is 5.46. The minimum atomic E-state index is -0.957. The van der Waals surface area contributed by atoms with Gasteiger partial charge in [-0.15, -0.1) is 5.10 Å². The molecule has 0 amide bonds. The Morgan fingerprint density at radius 3 is 2.48 bits per heavy atom. The summed E-state index contributed by atoms with van der Waals surface area (Å²) in [7, 11) is 0. The van der Waals surface area contributed by atoms with E-state index in [1.165, 1.54) is 0 Å². The first-order valence-electron chi connectivity index (χ1n) is 10.4. The minimum Gasteiger partial charge on any atom is -0.478 e. The molecule has 0 atom stereocenters. The molecule has 0 aliphatic carbocycles. The number of carbonyl (C=O) groups excluding carboxylic acids is 1. The number of carbonyl (C=O) groups is 2. The van der Waals surface area contributed by atoms with Gasteiger partial charge in [0.1, 0.15) is 0 Å². The van der Waals surface area contributed by atoms with Crippen LogP contribution >= 0.6 is 0 Å². The second kappa shape index (κ2) is 10.4. The summed E-state index contributed by atoms with van der Waals surface area (Å²) in [5.41, 5.74) is 2.70. The quantitative estimate of drug-likeness (QED) is 0.421. The number of aromatic nitrogens is 3. The molecule has 0 bridgehead atoms. The number of benzene rings is 2. The number of hydrogen-bond donors (Lipinski definition) is 1. The van der Waals surface area contributed by atoms with Crippen LogP contribution in [-0.4, -0.2) is 31.6 Å². The molecule has 1 aromatic heterocycles. The molecule has 1 heterocycles. The van der Waals surface area contributed by atoms with E-state index in [9.17, 15) is 14.7 Å². The number of carboxylic acids is 1. The molecule has 3 rings (SSSR count). The van der Waals surface area contributed by atoms with Gasteiger partial charge in [0.2, 0.25) is 17.4 Å². The molecule has 0 aliphatic heterocycles. The van der Waals surface area contributed by atoms with Crippen LogP contribution < -0.4 is 0 Å². The Labute approximate surface area is 182 Å². The van der Waals surface area contributed by atoms with Crippen molar-refractivity contribution < 1.29 is 14.7 Å². The fraction of sp³-hybridized carbons (Fsp3) is 0.280. The van der Waals surface area contributed by atoms with Crippen LogP contribution in [0, 0.1) is 11.8 Å². The maximum atomic E-state index is 12.3. The number of nitrogens with zero attached hydrogens (tertiary/aromatic N) is 3. The van der Waals surface area contributed by atoms with E-state index >= 15 is 0 Å². The summed E-state index contributed by atoms with van der Waals surface area (Å²) in [6.07, 6.45) is 2.86. The van der Waals surface area contributed by atoms with Gasteiger partial charge in [-0.05, 0) is 35.1 Å². The van der Waals surface area contributed by atoms with Crippen molar-refractivity contribution in [2.75, 3.05) is 0 Å². The van der Waals surface area contributed by atoms with E-state index in [1.807, 2.05) is 44.2 Å². The molecule has 0 fully saturated rings. The van der Waals surface area contributed by atoms with E-state index < -0.39 is 5.97 Å². The van der Waals surface area contributed by atoms with E-state index in [-0.39, 0.29) is 17.2 Å². The summed E-state index contributed by atoms with van der Waals surface area (Å²) < 4.78 is 1.65. The average Bonchev–Trinajstić information content (AvgIpc) is 3.19. The Hall–Kier alpha value is -3.72. The highest BCUT2D eigenvalue weighted by Gasteiger charge is 2.16. The number of unbranched alkanes of at least 4 members (excludes halogenated alkanes) is 1.